The zero-order valence-corrected chi connectivity index (χ0v) is 11.3. The third-order valence-corrected chi connectivity index (χ3v) is 4.48. The molecule has 0 aromatic heterocycles. The first kappa shape index (κ1) is 12.4. The molecule has 1 fully saturated rings. The van der Waals surface area contributed by atoms with Crippen molar-refractivity contribution in [3.05, 3.63) is 29.3 Å². The second kappa shape index (κ2) is 4.69. The molecule has 2 rings (SSSR count). The number of rotatable bonds is 4. The van der Waals surface area contributed by atoms with Crippen LogP contribution in [0, 0.1) is 12.3 Å². The van der Waals surface area contributed by atoms with Crippen LogP contribution in [0.3, 0.4) is 0 Å². The van der Waals surface area contributed by atoms with Gasteiger partial charge in [-0.2, -0.15) is 0 Å². The van der Waals surface area contributed by atoms with Gasteiger partial charge in [0.25, 0.3) is 0 Å². The molecule has 0 atom stereocenters. The molecule has 0 radical (unpaired) electrons. The summed E-state index contributed by atoms with van der Waals surface area (Å²) in [5, 5.41) is 0. The summed E-state index contributed by atoms with van der Waals surface area (Å²) in [5.74, 6) is 0. The van der Waals surface area contributed by atoms with Gasteiger partial charge in [0.1, 0.15) is 0 Å². The van der Waals surface area contributed by atoms with Crippen molar-refractivity contribution in [1.82, 2.24) is 0 Å². The van der Waals surface area contributed by atoms with Crippen molar-refractivity contribution in [2.24, 2.45) is 11.1 Å². The van der Waals surface area contributed by atoms with Crippen molar-refractivity contribution in [2.75, 3.05) is 18.0 Å². The fraction of sp³-hybridized carbons (Fsp3) is 0.600. The average Bonchev–Trinajstić information content (AvgIpc) is 2.29. The summed E-state index contributed by atoms with van der Waals surface area (Å²) in [6, 6.07) is 6.50. The van der Waals surface area contributed by atoms with E-state index < -0.39 is 0 Å². The zero-order valence-electron chi connectivity index (χ0n) is 11.3. The van der Waals surface area contributed by atoms with Crippen LogP contribution in [-0.2, 0) is 6.54 Å². The van der Waals surface area contributed by atoms with E-state index in [9.17, 15) is 0 Å². The Morgan fingerprint density at radius 2 is 1.88 bits per heavy atom. The number of nitrogens with zero attached hydrogens (tertiary/aromatic N) is 1. The standard InChI is InChI=1S/C15H24N2/c1-4-15(5-2)10-17(11-15)14-8-6-7-12(3)13(14)9-16/h6-8H,4-5,9-11,16H2,1-3H3. The van der Waals surface area contributed by atoms with Crippen molar-refractivity contribution in [2.45, 2.75) is 40.2 Å². The number of aryl methyl sites for hydroxylation is 1. The quantitative estimate of drug-likeness (QED) is 0.864. The maximum atomic E-state index is 5.87. The van der Waals surface area contributed by atoms with E-state index in [-0.39, 0.29) is 0 Å². The van der Waals surface area contributed by atoms with Crippen molar-refractivity contribution < 1.29 is 0 Å². The molecule has 17 heavy (non-hydrogen) atoms. The minimum absolute atomic E-state index is 0.551. The summed E-state index contributed by atoms with van der Waals surface area (Å²) in [6.07, 6.45) is 2.56. The van der Waals surface area contributed by atoms with Gasteiger partial charge in [-0.15, -0.1) is 0 Å². The molecule has 1 aliphatic rings. The van der Waals surface area contributed by atoms with E-state index in [4.69, 9.17) is 5.73 Å². The van der Waals surface area contributed by atoms with E-state index in [1.807, 2.05) is 0 Å². The van der Waals surface area contributed by atoms with Crippen LogP contribution in [-0.4, -0.2) is 13.1 Å². The van der Waals surface area contributed by atoms with Crippen LogP contribution in [0.25, 0.3) is 0 Å². The van der Waals surface area contributed by atoms with Gasteiger partial charge in [0, 0.05) is 30.7 Å². The van der Waals surface area contributed by atoms with E-state index in [1.54, 1.807) is 0 Å². The lowest BCUT2D eigenvalue weighted by Gasteiger charge is -2.51. The van der Waals surface area contributed by atoms with Gasteiger partial charge in [-0.1, -0.05) is 26.0 Å². The molecule has 2 nitrogen and oxygen atoms in total. The molecule has 0 aliphatic carbocycles. The van der Waals surface area contributed by atoms with Gasteiger partial charge in [0.15, 0.2) is 0 Å². The lowest BCUT2D eigenvalue weighted by molar-refractivity contribution is 0.194. The maximum Gasteiger partial charge on any atom is 0.0414 e. The van der Waals surface area contributed by atoms with Gasteiger partial charge in [0.05, 0.1) is 0 Å². The van der Waals surface area contributed by atoms with Crippen LogP contribution in [0.5, 0.6) is 0 Å². The normalized spacial score (nSPS) is 18.0. The lowest BCUT2D eigenvalue weighted by atomic mass is 9.74. The third kappa shape index (κ3) is 2.06. The van der Waals surface area contributed by atoms with Crippen molar-refractivity contribution in [3.8, 4) is 0 Å². The highest BCUT2D eigenvalue weighted by Gasteiger charge is 2.40. The van der Waals surface area contributed by atoms with E-state index >= 15 is 0 Å². The van der Waals surface area contributed by atoms with Gasteiger partial charge in [-0.05, 0) is 37.0 Å². The van der Waals surface area contributed by atoms with E-state index in [0.29, 0.717) is 12.0 Å². The van der Waals surface area contributed by atoms with Crippen LogP contribution >= 0.6 is 0 Å². The number of anilines is 1. The molecular formula is C15H24N2. The molecule has 1 aromatic carbocycles. The fourth-order valence-corrected chi connectivity index (χ4v) is 2.88. The highest BCUT2D eigenvalue weighted by molar-refractivity contribution is 5.58. The summed E-state index contributed by atoms with van der Waals surface area (Å²) in [4.78, 5) is 2.49. The molecule has 94 valence electrons. The average molecular weight is 232 g/mol. The molecule has 1 heterocycles. The highest BCUT2D eigenvalue weighted by Crippen LogP contribution is 2.41. The van der Waals surface area contributed by atoms with E-state index in [1.165, 1.54) is 42.7 Å². The Labute approximate surface area is 105 Å². The third-order valence-electron chi connectivity index (χ3n) is 4.48. The monoisotopic (exact) mass is 232 g/mol. The molecule has 2 N–H and O–H groups in total. The molecular weight excluding hydrogens is 208 g/mol. The molecule has 0 saturated carbocycles. The largest absolute Gasteiger partial charge is 0.370 e. The second-order valence-electron chi connectivity index (χ2n) is 5.34. The van der Waals surface area contributed by atoms with Crippen LogP contribution in [0.15, 0.2) is 18.2 Å². The fourth-order valence-electron chi connectivity index (χ4n) is 2.88. The zero-order chi connectivity index (χ0) is 12.5. The molecule has 1 saturated heterocycles. The van der Waals surface area contributed by atoms with Crippen molar-refractivity contribution >= 4 is 5.69 Å². The van der Waals surface area contributed by atoms with Crippen molar-refractivity contribution in [1.29, 1.82) is 0 Å². The Morgan fingerprint density at radius 3 is 2.41 bits per heavy atom. The molecule has 0 bridgehead atoms. The molecule has 1 aromatic rings. The highest BCUT2D eigenvalue weighted by atomic mass is 15.2. The second-order valence-corrected chi connectivity index (χ2v) is 5.34. The van der Waals surface area contributed by atoms with Gasteiger partial charge in [-0.3, -0.25) is 0 Å². The first-order valence-corrected chi connectivity index (χ1v) is 6.69. The minimum Gasteiger partial charge on any atom is -0.370 e. The maximum absolute atomic E-state index is 5.87. The van der Waals surface area contributed by atoms with Crippen LogP contribution in [0.2, 0.25) is 0 Å². The predicted molar refractivity (Wildman–Crippen MR) is 74.3 cm³/mol. The Balaban J connectivity index is 2.19. The number of benzene rings is 1. The predicted octanol–water partition coefficient (Wildman–Crippen LogP) is 3.08. The van der Waals surface area contributed by atoms with Gasteiger partial charge in [-0.25, -0.2) is 0 Å². The molecule has 0 spiro atoms. The lowest BCUT2D eigenvalue weighted by Crippen LogP contribution is -2.56. The topological polar surface area (TPSA) is 29.3 Å². The summed E-state index contributed by atoms with van der Waals surface area (Å²) >= 11 is 0. The first-order valence-electron chi connectivity index (χ1n) is 6.69. The van der Waals surface area contributed by atoms with Crippen LogP contribution in [0.4, 0.5) is 5.69 Å². The summed E-state index contributed by atoms with van der Waals surface area (Å²) in [5.41, 5.74) is 10.4. The van der Waals surface area contributed by atoms with E-state index in [0.717, 1.165) is 0 Å². The smallest absolute Gasteiger partial charge is 0.0414 e. The first-order chi connectivity index (χ1) is 8.15. The summed E-state index contributed by atoms with van der Waals surface area (Å²) < 4.78 is 0. The Kier molecular flexibility index (Phi) is 3.43. The van der Waals surface area contributed by atoms with Gasteiger partial charge >= 0.3 is 0 Å². The Morgan fingerprint density at radius 1 is 1.24 bits per heavy atom. The van der Waals surface area contributed by atoms with Gasteiger partial charge < -0.3 is 10.6 Å². The summed E-state index contributed by atoms with van der Waals surface area (Å²) in [7, 11) is 0. The van der Waals surface area contributed by atoms with Crippen LogP contribution in [0.1, 0.15) is 37.8 Å². The number of hydrogen-bond donors (Lipinski definition) is 1. The molecule has 0 amide bonds. The van der Waals surface area contributed by atoms with Crippen LogP contribution < -0.4 is 10.6 Å². The number of nitrogens with two attached hydrogens (primary N) is 1. The van der Waals surface area contributed by atoms with Gasteiger partial charge in [0.2, 0.25) is 0 Å². The van der Waals surface area contributed by atoms with E-state index in [2.05, 4.69) is 43.9 Å². The summed E-state index contributed by atoms with van der Waals surface area (Å²) in [6.45, 7) is 9.79. The SMILES string of the molecule is CCC1(CC)CN(c2cccc(C)c2CN)C1. The molecule has 0 unspecified atom stereocenters. The number of hydrogen-bond acceptors (Lipinski definition) is 2. The van der Waals surface area contributed by atoms with Crippen molar-refractivity contribution in [3.63, 3.8) is 0 Å². The minimum atomic E-state index is 0.551. The Bertz CT molecular complexity index is 386. The Hall–Kier alpha value is -1.02. The molecule has 2 heteroatoms. The molecule has 1 aliphatic heterocycles.